The third kappa shape index (κ3) is 4.46. The van der Waals surface area contributed by atoms with Gasteiger partial charge in [0.25, 0.3) is 0 Å². The Labute approximate surface area is 111 Å². The van der Waals surface area contributed by atoms with Crippen LogP contribution in [0.25, 0.3) is 0 Å². The minimum atomic E-state index is -0.388. The lowest BCUT2D eigenvalue weighted by molar-refractivity contribution is 0.0918. The number of allylic oxidation sites excluding steroid dienone is 5. The number of aliphatic imine (C=N–C) groups is 1. The predicted octanol–water partition coefficient (Wildman–Crippen LogP) is 4.06. The molecule has 0 aliphatic heterocycles. The van der Waals surface area contributed by atoms with Gasteiger partial charge in [-0.1, -0.05) is 44.2 Å². The highest BCUT2D eigenvalue weighted by atomic mass is 16.3. The maximum Gasteiger partial charge on any atom is 0.0600 e. The largest absolute Gasteiger partial charge is 0.393 e. The van der Waals surface area contributed by atoms with Gasteiger partial charge in [-0.15, -0.1) is 0 Å². The van der Waals surface area contributed by atoms with E-state index in [1.807, 2.05) is 46.8 Å². The summed E-state index contributed by atoms with van der Waals surface area (Å²) in [6.45, 7) is 17.1. The second-order valence-electron chi connectivity index (χ2n) is 5.07. The van der Waals surface area contributed by atoms with Crippen molar-refractivity contribution in [2.75, 3.05) is 0 Å². The molecule has 2 heteroatoms. The fourth-order valence-corrected chi connectivity index (χ4v) is 1.33. The zero-order chi connectivity index (χ0) is 14.3. The lowest BCUT2D eigenvalue weighted by atomic mass is 9.80. The Morgan fingerprint density at radius 3 is 2.22 bits per heavy atom. The molecule has 0 fully saturated rings. The molecular weight excluding hydrogens is 222 g/mol. The van der Waals surface area contributed by atoms with Gasteiger partial charge in [0.2, 0.25) is 0 Å². The SMILES string of the molecule is C=CC(=C\C=C(/C)C(C)(C)C(C)O)/C(C)=C/N=C. The van der Waals surface area contributed by atoms with Crippen LogP contribution >= 0.6 is 0 Å². The van der Waals surface area contributed by atoms with E-state index < -0.39 is 0 Å². The minimum absolute atomic E-state index is 0.239. The fourth-order valence-electron chi connectivity index (χ4n) is 1.33. The number of aliphatic hydroxyl groups excluding tert-OH is 1. The van der Waals surface area contributed by atoms with Crippen LogP contribution in [0.3, 0.4) is 0 Å². The van der Waals surface area contributed by atoms with E-state index in [9.17, 15) is 5.11 Å². The first-order valence-corrected chi connectivity index (χ1v) is 6.09. The summed E-state index contributed by atoms with van der Waals surface area (Å²) in [6, 6.07) is 0. The van der Waals surface area contributed by atoms with Crippen LogP contribution in [0.5, 0.6) is 0 Å². The molecule has 0 spiro atoms. The molecule has 0 rings (SSSR count). The maximum atomic E-state index is 9.75. The van der Waals surface area contributed by atoms with Crippen LogP contribution in [0.15, 0.2) is 52.7 Å². The number of hydrogen-bond donors (Lipinski definition) is 1. The standard InChI is InChI=1S/C16H25NO/c1-8-15(12(2)11-17-7)10-9-13(3)16(5,6)14(4)18/h8-11,14,18H,1,7H2,2-6H3/b12-11+,13-9+,15-10+. The van der Waals surface area contributed by atoms with E-state index in [1.54, 1.807) is 12.3 Å². The van der Waals surface area contributed by atoms with E-state index in [4.69, 9.17) is 0 Å². The first-order valence-electron chi connectivity index (χ1n) is 6.09. The molecule has 0 amide bonds. The molecule has 0 saturated heterocycles. The molecule has 1 atom stereocenters. The molecule has 100 valence electrons. The molecule has 0 aliphatic rings. The highest BCUT2D eigenvalue weighted by Gasteiger charge is 2.25. The summed E-state index contributed by atoms with van der Waals surface area (Å²) in [5.74, 6) is 0. The van der Waals surface area contributed by atoms with E-state index in [2.05, 4.69) is 18.3 Å². The Morgan fingerprint density at radius 2 is 1.83 bits per heavy atom. The summed E-state index contributed by atoms with van der Waals surface area (Å²) >= 11 is 0. The Morgan fingerprint density at radius 1 is 1.28 bits per heavy atom. The fraction of sp³-hybridized carbons (Fsp3) is 0.438. The van der Waals surface area contributed by atoms with Crippen LogP contribution in [0.4, 0.5) is 0 Å². The molecular formula is C16H25NO. The number of rotatable bonds is 6. The second-order valence-corrected chi connectivity index (χ2v) is 5.07. The summed E-state index contributed by atoms with van der Waals surface area (Å²) in [4.78, 5) is 3.75. The molecule has 0 aliphatic carbocycles. The summed E-state index contributed by atoms with van der Waals surface area (Å²) in [7, 11) is 0. The van der Waals surface area contributed by atoms with Crippen LogP contribution in [0.2, 0.25) is 0 Å². The van der Waals surface area contributed by atoms with Crippen LogP contribution < -0.4 is 0 Å². The maximum absolute atomic E-state index is 9.75. The van der Waals surface area contributed by atoms with Crippen molar-refractivity contribution < 1.29 is 5.11 Å². The zero-order valence-electron chi connectivity index (χ0n) is 12.2. The van der Waals surface area contributed by atoms with Gasteiger partial charge in [-0.05, 0) is 38.6 Å². The van der Waals surface area contributed by atoms with E-state index in [-0.39, 0.29) is 11.5 Å². The molecule has 2 nitrogen and oxygen atoms in total. The summed E-state index contributed by atoms with van der Waals surface area (Å²) in [6.07, 6.45) is 7.11. The van der Waals surface area contributed by atoms with Crippen molar-refractivity contribution in [1.82, 2.24) is 0 Å². The molecule has 0 saturated carbocycles. The zero-order valence-corrected chi connectivity index (χ0v) is 12.2. The first-order chi connectivity index (χ1) is 8.27. The Bertz CT molecular complexity index is 395. The van der Waals surface area contributed by atoms with Crippen molar-refractivity contribution in [3.05, 3.63) is 47.7 Å². The second kappa shape index (κ2) is 7.12. The van der Waals surface area contributed by atoms with Crippen LogP contribution in [-0.4, -0.2) is 17.9 Å². The van der Waals surface area contributed by atoms with Gasteiger partial charge < -0.3 is 5.11 Å². The van der Waals surface area contributed by atoms with Crippen molar-refractivity contribution in [2.45, 2.75) is 40.7 Å². The van der Waals surface area contributed by atoms with Gasteiger partial charge in [0.15, 0.2) is 0 Å². The highest BCUT2D eigenvalue weighted by molar-refractivity contribution is 5.41. The topological polar surface area (TPSA) is 32.6 Å². The monoisotopic (exact) mass is 247 g/mol. The highest BCUT2D eigenvalue weighted by Crippen LogP contribution is 2.30. The lowest BCUT2D eigenvalue weighted by Gasteiger charge is -2.29. The lowest BCUT2D eigenvalue weighted by Crippen LogP contribution is -2.27. The molecule has 0 bridgehead atoms. The van der Waals surface area contributed by atoms with Crippen LogP contribution in [0, 0.1) is 5.41 Å². The number of hydrogen-bond acceptors (Lipinski definition) is 2. The van der Waals surface area contributed by atoms with Crippen molar-refractivity contribution in [1.29, 1.82) is 0 Å². The first kappa shape index (κ1) is 16.6. The normalized spacial score (nSPS) is 16.4. The molecule has 0 aromatic heterocycles. The van der Waals surface area contributed by atoms with Gasteiger partial charge >= 0.3 is 0 Å². The summed E-state index contributed by atoms with van der Waals surface area (Å²) in [5, 5.41) is 9.75. The van der Waals surface area contributed by atoms with E-state index in [0.717, 1.165) is 16.7 Å². The molecule has 1 N–H and O–H groups in total. The summed E-state index contributed by atoms with van der Waals surface area (Å²) < 4.78 is 0. The third-order valence-electron chi connectivity index (χ3n) is 3.53. The molecule has 18 heavy (non-hydrogen) atoms. The average molecular weight is 247 g/mol. The molecule has 0 radical (unpaired) electrons. The van der Waals surface area contributed by atoms with Crippen molar-refractivity contribution in [3.63, 3.8) is 0 Å². The van der Waals surface area contributed by atoms with Gasteiger partial charge in [-0.25, -0.2) is 0 Å². The van der Waals surface area contributed by atoms with Crippen molar-refractivity contribution in [2.24, 2.45) is 10.4 Å². The minimum Gasteiger partial charge on any atom is -0.393 e. The Kier molecular flexibility index (Phi) is 6.56. The quantitative estimate of drug-likeness (QED) is 0.557. The smallest absolute Gasteiger partial charge is 0.0600 e. The van der Waals surface area contributed by atoms with Gasteiger partial charge in [-0.3, -0.25) is 4.99 Å². The van der Waals surface area contributed by atoms with Gasteiger partial charge in [0, 0.05) is 11.6 Å². The Hall–Kier alpha value is -1.41. The Balaban J connectivity index is 5.26. The average Bonchev–Trinajstić information content (AvgIpc) is 2.29. The van der Waals surface area contributed by atoms with Gasteiger partial charge in [-0.2, -0.15) is 0 Å². The van der Waals surface area contributed by atoms with Crippen LogP contribution in [0.1, 0.15) is 34.6 Å². The molecule has 0 aromatic rings. The van der Waals surface area contributed by atoms with Crippen molar-refractivity contribution >= 4 is 6.72 Å². The summed E-state index contributed by atoms with van der Waals surface area (Å²) in [5.41, 5.74) is 2.90. The predicted molar refractivity (Wildman–Crippen MR) is 80.8 cm³/mol. The van der Waals surface area contributed by atoms with Crippen molar-refractivity contribution in [3.8, 4) is 0 Å². The van der Waals surface area contributed by atoms with Crippen LogP contribution in [-0.2, 0) is 0 Å². The van der Waals surface area contributed by atoms with E-state index in [1.165, 1.54) is 0 Å². The third-order valence-corrected chi connectivity index (χ3v) is 3.53. The number of nitrogens with zero attached hydrogens (tertiary/aromatic N) is 1. The molecule has 0 heterocycles. The molecule has 1 unspecified atom stereocenters. The van der Waals surface area contributed by atoms with Gasteiger partial charge in [0.1, 0.15) is 0 Å². The number of aliphatic hydroxyl groups is 1. The van der Waals surface area contributed by atoms with Gasteiger partial charge in [0.05, 0.1) is 6.10 Å². The molecule has 0 aromatic carbocycles. The van der Waals surface area contributed by atoms with E-state index in [0.29, 0.717) is 0 Å². The van der Waals surface area contributed by atoms with E-state index >= 15 is 0 Å².